The number of aromatic amines is 1. The molecule has 25 heavy (non-hydrogen) atoms. The number of hydrogen-bond donors (Lipinski definition) is 1. The topological polar surface area (TPSA) is 70.2 Å². The molecule has 7 heteroatoms. The summed E-state index contributed by atoms with van der Waals surface area (Å²) in [6.45, 7) is 0.557. The quantitative estimate of drug-likeness (QED) is 0.868. The second kappa shape index (κ2) is 6.96. The van der Waals surface area contributed by atoms with Crippen molar-refractivity contribution < 1.29 is 18.4 Å². The van der Waals surface area contributed by atoms with E-state index >= 15 is 0 Å². The highest BCUT2D eigenvalue weighted by atomic mass is 19.1. The molecule has 1 aromatic heterocycles. The van der Waals surface area contributed by atoms with Crippen LogP contribution in [0.5, 0.6) is 0 Å². The summed E-state index contributed by atoms with van der Waals surface area (Å²) in [5.74, 6) is -2.75. The van der Waals surface area contributed by atoms with Crippen LogP contribution in [0, 0.1) is 17.6 Å². The molecule has 2 heterocycles. The lowest BCUT2D eigenvalue weighted by atomic mass is 9.88. The van der Waals surface area contributed by atoms with Crippen molar-refractivity contribution in [3.63, 3.8) is 0 Å². The average molecular weight is 346 g/mol. The van der Waals surface area contributed by atoms with Gasteiger partial charge in [-0.25, -0.2) is 8.78 Å². The van der Waals surface area contributed by atoms with E-state index in [1.165, 1.54) is 17.2 Å². The van der Waals surface area contributed by atoms with Gasteiger partial charge in [-0.15, -0.1) is 0 Å². The predicted octanol–water partition coefficient (Wildman–Crippen LogP) is 2.39. The van der Waals surface area contributed by atoms with Gasteiger partial charge in [-0.1, -0.05) is 0 Å². The smallest absolute Gasteiger partial charge is 0.260 e. The van der Waals surface area contributed by atoms with Gasteiger partial charge in [0.15, 0.2) is 5.78 Å². The second-order valence-corrected chi connectivity index (χ2v) is 5.97. The van der Waals surface area contributed by atoms with Crippen LogP contribution in [-0.4, -0.2) is 34.7 Å². The number of benzene rings is 1. The van der Waals surface area contributed by atoms with E-state index in [9.17, 15) is 23.2 Å². The molecule has 0 spiro atoms. The van der Waals surface area contributed by atoms with Crippen molar-refractivity contribution in [2.24, 2.45) is 5.92 Å². The van der Waals surface area contributed by atoms with E-state index in [1.807, 2.05) is 0 Å². The Morgan fingerprint density at radius 1 is 1.08 bits per heavy atom. The van der Waals surface area contributed by atoms with Crippen molar-refractivity contribution in [1.82, 2.24) is 9.88 Å². The normalized spacial score (nSPS) is 15.2. The van der Waals surface area contributed by atoms with Crippen LogP contribution < -0.4 is 5.56 Å². The molecule has 1 aliphatic rings. The fraction of sp³-hybridized carbons (Fsp3) is 0.278. The number of pyridine rings is 1. The molecule has 1 fully saturated rings. The first-order valence-electron chi connectivity index (χ1n) is 7.93. The molecule has 1 saturated heterocycles. The molecule has 1 aromatic carbocycles. The van der Waals surface area contributed by atoms with Gasteiger partial charge in [0.05, 0.1) is 5.56 Å². The number of carbonyl (C=O) groups is 2. The van der Waals surface area contributed by atoms with Gasteiger partial charge in [-0.2, -0.15) is 0 Å². The molecule has 0 saturated carbocycles. The Bertz CT molecular complexity index is 871. The molecule has 0 bridgehead atoms. The maximum Gasteiger partial charge on any atom is 0.260 e. The zero-order valence-electron chi connectivity index (χ0n) is 13.3. The molecule has 5 nitrogen and oxygen atoms in total. The fourth-order valence-electron chi connectivity index (χ4n) is 3.01. The molecular weight excluding hydrogens is 330 g/mol. The molecular formula is C18H16F2N2O3. The van der Waals surface area contributed by atoms with E-state index in [1.54, 1.807) is 6.07 Å². The van der Waals surface area contributed by atoms with Crippen LogP contribution in [0.3, 0.4) is 0 Å². The Labute approximate surface area is 142 Å². The molecule has 130 valence electrons. The lowest BCUT2D eigenvalue weighted by molar-refractivity contribution is 0.0647. The molecule has 1 amide bonds. The number of carbonyl (C=O) groups excluding carboxylic acids is 2. The lowest BCUT2D eigenvalue weighted by Crippen LogP contribution is -2.42. The third-order valence-corrected chi connectivity index (χ3v) is 4.40. The Kier molecular flexibility index (Phi) is 4.74. The van der Waals surface area contributed by atoms with Gasteiger partial charge < -0.3 is 9.88 Å². The van der Waals surface area contributed by atoms with Crippen molar-refractivity contribution in [3.8, 4) is 0 Å². The minimum Gasteiger partial charge on any atom is -0.338 e. The SMILES string of the molecule is O=C(c1cc(F)ccc1F)C1CCN(C(=O)c2ccc[nH]c2=O)CC1. The maximum absolute atomic E-state index is 13.8. The van der Waals surface area contributed by atoms with Crippen molar-refractivity contribution in [2.45, 2.75) is 12.8 Å². The zero-order valence-corrected chi connectivity index (χ0v) is 13.3. The highest BCUT2D eigenvalue weighted by molar-refractivity contribution is 5.98. The molecule has 2 aromatic rings. The Balaban J connectivity index is 1.69. The predicted molar refractivity (Wildman–Crippen MR) is 86.4 cm³/mol. The van der Waals surface area contributed by atoms with Gasteiger partial charge in [-0.05, 0) is 43.2 Å². The number of nitrogens with zero attached hydrogens (tertiary/aromatic N) is 1. The summed E-state index contributed by atoms with van der Waals surface area (Å²) in [4.78, 5) is 40.4. The summed E-state index contributed by atoms with van der Waals surface area (Å²) in [6.07, 6.45) is 2.12. The molecule has 0 radical (unpaired) electrons. The summed E-state index contributed by atoms with van der Waals surface area (Å²) in [5, 5.41) is 0. The zero-order chi connectivity index (χ0) is 18.0. The Morgan fingerprint density at radius 3 is 2.48 bits per heavy atom. The number of likely N-dealkylation sites (tertiary alicyclic amines) is 1. The van der Waals surface area contributed by atoms with Gasteiger partial charge in [0.25, 0.3) is 11.5 Å². The minimum atomic E-state index is -0.749. The number of rotatable bonds is 3. The van der Waals surface area contributed by atoms with Crippen LogP contribution in [0.2, 0.25) is 0 Å². The van der Waals surface area contributed by atoms with Crippen LogP contribution in [0.15, 0.2) is 41.3 Å². The third-order valence-electron chi connectivity index (χ3n) is 4.40. The summed E-state index contributed by atoms with van der Waals surface area (Å²) < 4.78 is 27.0. The largest absolute Gasteiger partial charge is 0.338 e. The van der Waals surface area contributed by atoms with E-state index in [4.69, 9.17) is 0 Å². The van der Waals surface area contributed by atoms with Crippen molar-refractivity contribution in [2.75, 3.05) is 13.1 Å². The second-order valence-electron chi connectivity index (χ2n) is 5.97. The molecule has 0 aliphatic carbocycles. The Morgan fingerprint density at radius 2 is 1.80 bits per heavy atom. The molecule has 0 atom stereocenters. The Hall–Kier alpha value is -2.83. The van der Waals surface area contributed by atoms with Crippen LogP contribution in [-0.2, 0) is 0 Å². The van der Waals surface area contributed by atoms with E-state index < -0.39 is 34.8 Å². The van der Waals surface area contributed by atoms with Crippen LogP contribution >= 0.6 is 0 Å². The van der Waals surface area contributed by atoms with Crippen molar-refractivity contribution in [1.29, 1.82) is 0 Å². The third kappa shape index (κ3) is 3.50. The monoisotopic (exact) mass is 346 g/mol. The number of piperidine rings is 1. The summed E-state index contributed by atoms with van der Waals surface area (Å²) in [6, 6.07) is 5.81. The standard InChI is InChI=1S/C18H16F2N2O3/c19-12-3-4-15(20)14(10-12)16(23)11-5-8-22(9-6-11)18(25)13-2-1-7-21-17(13)24/h1-4,7,10-11H,5-6,8-9H2,(H,21,24). The first-order chi connectivity index (χ1) is 12.0. The van der Waals surface area contributed by atoms with Gasteiger partial charge >= 0.3 is 0 Å². The fourth-order valence-corrected chi connectivity index (χ4v) is 3.01. The van der Waals surface area contributed by atoms with Gasteiger partial charge in [0, 0.05) is 25.2 Å². The van der Waals surface area contributed by atoms with E-state index in [0.29, 0.717) is 12.8 Å². The summed E-state index contributed by atoms with van der Waals surface area (Å²) >= 11 is 0. The highest BCUT2D eigenvalue weighted by Crippen LogP contribution is 2.24. The van der Waals surface area contributed by atoms with Crippen molar-refractivity contribution in [3.05, 3.63) is 69.6 Å². The van der Waals surface area contributed by atoms with Crippen LogP contribution in [0.1, 0.15) is 33.6 Å². The van der Waals surface area contributed by atoms with E-state index in [-0.39, 0.29) is 24.2 Å². The highest BCUT2D eigenvalue weighted by Gasteiger charge is 2.30. The number of hydrogen-bond acceptors (Lipinski definition) is 3. The summed E-state index contributed by atoms with van der Waals surface area (Å²) in [7, 11) is 0. The number of ketones is 1. The molecule has 1 aliphatic heterocycles. The number of amides is 1. The number of Topliss-reactive ketones (excluding diaryl/α,β-unsaturated/α-hetero) is 1. The number of halogens is 2. The summed E-state index contributed by atoms with van der Waals surface area (Å²) in [5.41, 5.74) is -0.680. The number of nitrogens with one attached hydrogen (secondary N) is 1. The average Bonchev–Trinajstić information content (AvgIpc) is 2.63. The lowest BCUT2D eigenvalue weighted by Gasteiger charge is -2.31. The minimum absolute atomic E-state index is 0.0449. The van der Waals surface area contributed by atoms with Crippen LogP contribution in [0.25, 0.3) is 0 Å². The molecule has 1 N–H and O–H groups in total. The number of aromatic nitrogens is 1. The molecule has 3 rings (SSSR count). The van der Waals surface area contributed by atoms with Crippen LogP contribution in [0.4, 0.5) is 8.78 Å². The van der Waals surface area contributed by atoms with E-state index in [0.717, 1.165) is 18.2 Å². The first-order valence-corrected chi connectivity index (χ1v) is 7.93. The van der Waals surface area contributed by atoms with Gasteiger partial charge in [0.1, 0.15) is 17.2 Å². The van der Waals surface area contributed by atoms with Crippen molar-refractivity contribution >= 4 is 11.7 Å². The van der Waals surface area contributed by atoms with Gasteiger partial charge in [-0.3, -0.25) is 14.4 Å². The van der Waals surface area contributed by atoms with E-state index in [2.05, 4.69) is 4.98 Å². The maximum atomic E-state index is 13.8. The number of H-pyrrole nitrogens is 1. The first kappa shape index (κ1) is 17.0. The van der Waals surface area contributed by atoms with Gasteiger partial charge in [0.2, 0.25) is 0 Å². The molecule has 0 unspecified atom stereocenters.